The van der Waals surface area contributed by atoms with Gasteiger partial charge in [0, 0.05) is 11.1 Å². The number of amides is 1. The first-order valence-electron chi connectivity index (χ1n) is 5.47. The van der Waals surface area contributed by atoms with Crippen LogP contribution in [-0.2, 0) is 4.79 Å². The minimum absolute atomic E-state index is 0.0867. The SMILES string of the molecule is O=C1C(=Cc2cccs2)SC(=S)N1c1cccnc1. The minimum Gasteiger partial charge on any atom is -0.268 e. The van der Waals surface area contributed by atoms with E-state index in [4.69, 9.17) is 12.2 Å². The minimum atomic E-state index is -0.0867. The number of thioether (sulfide) groups is 1. The van der Waals surface area contributed by atoms with E-state index in [2.05, 4.69) is 4.98 Å². The summed E-state index contributed by atoms with van der Waals surface area (Å²) in [5.74, 6) is -0.0867. The molecule has 1 amide bonds. The summed E-state index contributed by atoms with van der Waals surface area (Å²) in [4.78, 5) is 19.6. The number of carbonyl (C=O) groups excluding carboxylic acids is 1. The summed E-state index contributed by atoms with van der Waals surface area (Å²) >= 11 is 8.19. The molecule has 1 aliphatic heterocycles. The second-order valence-electron chi connectivity index (χ2n) is 3.74. The van der Waals surface area contributed by atoms with E-state index in [1.54, 1.807) is 29.8 Å². The van der Waals surface area contributed by atoms with Crippen LogP contribution in [-0.4, -0.2) is 15.2 Å². The lowest BCUT2D eigenvalue weighted by molar-refractivity contribution is -0.113. The molecule has 0 atom stereocenters. The first kappa shape index (κ1) is 12.5. The third-order valence-corrected chi connectivity index (χ3v) is 4.64. The number of anilines is 1. The maximum absolute atomic E-state index is 12.4. The summed E-state index contributed by atoms with van der Waals surface area (Å²) in [6.07, 6.45) is 5.18. The molecule has 6 heteroatoms. The molecule has 1 aliphatic rings. The zero-order valence-corrected chi connectivity index (χ0v) is 12.1. The Bertz CT molecular complexity index is 650. The van der Waals surface area contributed by atoms with E-state index >= 15 is 0 Å². The second kappa shape index (κ2) is 5.24. The zero-order valence-electron chi connectivity index (χ0n) is 9.65. The Morgan fingerprint density at radius 1 is 1.32 bits per heavy atom. The molecule has 0 unspecified atom stereocenters. The van der Waals surface area contributed by atoms with E-state index in [0.717, 1.165) is 4.88 Å². The third kappa shape index (κ3) is 2.47. The molecule has 0 N–H and O–H groups in total. The summed E-state index contributed by atoms with van der Waals surface area (Å²) in [5, 5.41) is 1.98. The van der Waals surface area contributed by atoms with Gasteiger partial charge < -0.3 is 0 Å². The molecule has 3 nitrogen and oxygen atoms in total. The van der Waals surface area contributed by atoms with Gasteiger partial charge in [-0.15, -0.1) is 11.3 Å². The molecular weight excluding hydrogens is 296 g/mol. The summed E-state index contributed by atoms with van der Waals surface area (Å²) in [6.45, 7) is 0. The monoisotopic (exact) mass is 304 g/mol. The summed E-state index contributed by atoms with van der Waals surface area (Å²) < 4.78 is 0.542. The smallest absolute Gasteiger partial charge is 0.268 e. The number of thiophene rings is 1. The quantitative estimate of drug-likeness (QED) is 0.627. The van der Waals surface area contributed by atoms with Crippen LogP contribution in [0.15, 0.2) is 46.9 Å². The number of hydrogen-bond donors (Lipinski definition) is 0. The van der Waals surface area contributed by atoms with Gasteiger partial charge in [0.05, 0.1) is 16.8 Å². The number of aromatic nitrogens is 1. The molecule has 3 heterocycles. The summed E-state index contributed by atoms with van der Waals surface area (Å²) in [6, 6.07) is 7.54. The van der Waals surface area contributed by atoms with Crippen LogP contribution in [0.3, 0.4) is 0 Å². The molecule has 2 aromatic heterocycles. The van der Waals surface area contributed by atoms with Gasteiger partial charge in [0.2, 0.25) is 0 Å². The van der Waals surface area contributed by atoms with Crippen molar-refractivity contribution in [2.75, 3.05) is 4.90 Å². The fourth-order valence-corrected chi connectivity index (χ4v) is 3.70. The Balaban J connectivity index is 1.94. The first-order chi connectivity index (χ1) is 9.25. The Labute approximate surface area is 124 Å². The predicted molar refractivity (Wildman–Crippen MR) is 84.2 cm³/mol. The first-order valence-corrected chi connectivity index (χ1v) is 7.57. The van der Waals surface area contributed by atoms with Crippen LogP contribution < -0.4 is 4.90 Å². The molecule has 1 saturated heterocycles. The van der Waals surface area contributed by atoms with Crippen molar-refractivity contribution in [3.8, 4) is 0 Å². The largest absolute Gasteiger partial charge is 0.270 e. The molecule has 0 spiro atoms. The number of carbonyl (C=O) groups is 1. The van der Waals surface area contributed by atoms with Crippen LogP contribution >= 0.6 is 35.3 Å². The predicted octanol–water partition coefficient (Wildman–Crippen LogP) is 3.55. The van der Waals surface area contributed by atoms with Crippen molar-refractivity contribution in [2.24, 2.45) is 0 Å². The van der Waals surface area contributed by atoms with E-state index in [1.807, 2.05) is 29.7 Å². The van der Waals surface area contributed by atoms with Crippen LogP contribution in [0.25, 0.3) is 6.08 Å². The Hall–Kier alpha value is -1.50. The topological polar surface area (TPSA) is 33.2 Å². The van der Waals surface area contributed by atoms with Crippen molar-refractivity contribution in [3.05, 3.63) is 51.8 Å². The highest BCUT2D eigenvalue weighted by Gasteiger charge is 2.33. The van der Waals surface area contributed by atoms with Gasteiger partial charge in [0.15, 0.2) is 4.32 Å². The zero-order chi connectivity index (χ0) is 13.2. The molecule has 3 rings (SSSR count). The average molecular weight is 304 g/mol. The lowest BCUT2D eigenvalue weighted by atomic mass is 10.3. The fourth-order valence-electron chi connectivity index (χ4n) is 1.68. The van der Waals surface area contributed by atoms with Gasteiger partial charge in [-0.1, -0.05) is 30.0 Å². The fraction of sp³-hybridized carbons (Fsp3) is 0. The number of thiocarbonyl (C=S) groups is 1. The van der Waals surface area contributed by atoms with Crippen LogP contribution in [0.4, 0.5) is 5.69 Å². The van der Waals surface area contributed by atoms with Crippen LogP contribution in [0.5, 0.6) is 0 Å². The second-order valence-corrected chi connectivity index (χ2v) is 6.40. The standard InChI is InChI=1S/C13H8N2OS3/c16-12-11(7-10-4-2-6-18-10)19-13(17)15(12)9-3-1-5-14-8-9/h1-8H. The molecule has 0 saturated carbocycles. The van der Waals surface area contributed by atoms with E-state index in [9.17, 15) is 4.79 Å². The summed E-state index contributed by atoms with van der Waals surface area (Å²) in [5.41, 5.74) is 0.708. The third-order valence-electron chi connectivity index (χ3n) is 2.51. The molecule has 0 aromatic carbocycles. The lowest BCUT2D eigenvalue weighted by Gasteiger charge is -2.13. The van der Waals surface area contributed by atoms with Crippen molar-refractivity contribution in [3.63, 3.8) is 0 Å². The van der Waals surface area contributed by atoms with Gasteiger partial charge in [0.1, 0.15) is 0 Å². The lowest BCUT2D eigenvalue weighted by Crippen LogP contribution is -2.27. The molecule has 94 valence electrons. The summed E-state index contributed by atoms with van der Waals surface area (Å²) in [7, 11) is 0. The van der Waals surface area contributed by atoms with Crippen molar-refractivity contribution in [1.29, 1.82) is 0 Å². The van der Waals surface area contributed by atoms with Gasteiger partial charge in [-0.2, -0.15) is 0 Å². The highest BCUT2D eigenvalue weighted by Crippen LogP contribution is 2.36. The van der Waals surface area contributed by atoms with Gasteiger partial charge in [-0.05, 0) is 29.7 Å². The number of nitrogens with zero attached hydrogens (tertiary/aromatic N) is 2. The van der Waals surface area contributed by atoms with Gasteiger partial charge in [-0.3, -0.25) is 14.7 Å². The highest BCUT2D eigenvalue weighted by atomic mass is 32.2. The van der Waals surface area contributed by atoms with E-state index in [-0.39, 0.29) is 5.91 Å². The van der Waals surface area contributed by atoms with E-state index in [1.165, 1.54) is 16.7 Å². The van der Waals surface area contributed by atoms with Crippen LogP contribution in [0, 0.1) is 0 Å². The highest BCUT2D eigenvalue weighted by molar-refractivity contribution is 8.27. The van der Waals surface area contributed by atoms with Crippen molar-refractivity contribution >= 4 is 57.3 Å². The molecule has 0 bridgehead atoms. The number of rotatable bonds is 2. The Morgan fingerprint density at radius 3 is 2.89 bits per heavy atom. The Morgan fingerprint density at radius 2 is 2.21 bits per heavy atom. The maximum atomic E-state index is 12.4. The van der Waals surface area contributed by atoms with Gasteiger partial charge >= 0.3 is 0 Å². The molecule has 2 aromatic rings. The normalized spacial score (nSPS) is 17.5. The van der Waals surface area contributed by atoms with Crippen molar-refractivity contribution < 1.29 is 4.79 Å². The van der Waals surface area contributed by atoms with Crippen molar-refractivity contribution in [1.82, 2.24) is 4.98 Å². The maximum Gasteiger partial charge on any atom is 0.270 e. The number of hydrogen-bond acceptors (Lipinski definition) is 5. The van der Waals surface area contributed by atoms with Crippen LogP contribution in [0.2, 0.25) is 0 Å². The molecule has 0 radical (unpaired) electrons. The average Bonchev–Trinajstić information content (AvgIpc) is 3.01. The van der Waals surface area contributed by atoms with Gasteiger partial charge in [-0.25, -0.2) is 0 Å². The van der Waals surface area contributed by atoms with Crippen molar-refractivity contribution in [2.45, 2.75) is 0 Å². The molecular formula is C13H8N2OS3. The molecule has 0 aliphatic carbocycles. The molecule has 1 fully saturated rings. The van der Waals surface area contributed by atoms with E-state index < -0.39 is 0 Å². The Kier molecular flexibility index (Phi) is 3.46. The molecule has 19 heavy (non-hydrogen) atoms. The number of pyridine rings is 1. The van der Waals surface area contributed by atoms with Gasteiger partial charge in [0.25, 0.3) is 5.91 Å². The van der Waals surface area contributed by atoms with Crippen LogP contribution in [0.1, 0.15) is 4.88 Å². The van der Waals surface area contributed by atoms with E-state index in [0.29, 0.717) is 14.9 Å².